The van der Waals surface area contributed by atoms with Gasteiger partial charge in [-0.15, -0.1) is 0 Å². The summed E-state index contributed by atoms with van der Waals surface area (Å²) in [4.78, 5) is 4.68. The molecule has 0 aliphatic carbocycles. The van der Waals surface area contributed by atoms with Crippen LogP contribution in [0, 0.1) is 0 Å². The van der Waals surface area contributed by atoms with E-state index in [1.807, 2.05) is 71.3 Å². The summed E-state index contributed by atoms with van der Waals surface area (Å²) in [7, 11) is 0. The summed E-state index contributed by atoms with van der Waals surface area (Å²) in [5.41, 5.74) is 3.60. The number of halogens is 2. The molecule has 0 fully saturated rings. The summed E-state index contributed by atoms with van der Waals surface area (Å²) in [6, 6.07) is 22.9. The van der Waals surface area contributed by atoms with E-state index >= 15 is 0 Å². The largest absolute Gasteiger partial charge is 0.380 e. The van der Waals surface area contributed by atoms with Gasteiger partial charge in [0.25, 0.3) is 0 Å². The van der Waals surface area contributed by atoms with Crippen LogP contribution in [0.2, 0.25) is 10.0 Å². The molecule has 1 atom stereocenters. The Balaban J connectivity index is 1.82. The molecular formula is C21H16Cl2N2O. The Morgan fingerprint density at radius 2 is 1.62 bits per heavy atom. The van der Waals surface area contributed by atoms with Gasteiger partial charge in [0.1, 0.15) is 11.9 Å². The lowest BCUT2D eigenvalue weighted by Crippen LogP contribution is -2.11. The molecule has 0 aliphatic heterocycles. The Labute approximate surface area is 161 Å². The smallest absolute Gasteiger partial charge is 0.143 e. The van der Waals surface area contributed by atoms with Crippen molar-refractivity contribution >= 4 is 34.2 Å². The highest BCUT2D eigenvalue weighted by Crippen LogP contribution is 2.28. The third kappa shape index (κ3) is 3.21. The van der Waals surface area contributed by atoms with Gasteiger partial charge in [-0.3, -0.25) is 0 Å². The molecule has 1 aromatic heterocycles. The van der Waals surface area contributed by atoms with Gasteiger partial charge < -0.3 is 9.67 Å². The number of rotatable bonds is 4. The lowest BCUT2D eigenvalue weighted by atomic mass is 10.1. The average molecular weight is 383 g/mol. The van der Waals surface area contributed by atoms with Crippen LogP contribution in [0.15, 0.2) is 72.8 Å². The molecular weight excluding hydrogens is 367 g/mol. The van der Waals surface area contributed by atoms with Crippen LogP contribution in [0.25, 0.3) is 11.0 Å². The van der Waals surface area contributed by atoms with E-state index in [4.69, 9.17) is 23.2 Å². The molecule has 0 amide bonds. The Hall–Kier alpha value is -2.33. The molecule has 0 bridgehead atoms. The molecule has 0 radical (unpaired) electrons. The molecule has 3 nitrogen and oxygen atoms in total. The Morgan fingerprint density at radius 3 is 2.38 bits per heavy atom. The van der Waals surface area contributed by atoms with Gasteiger partial charge in [-0.2, -0.15) is 0 Å². The molecule has 5 heteroatoms. The monoisotopic (exact) mass is 382 g/mol. The highest BCUT2D eigenvalue weighted by Gasteiger charge is 2.20. The minimum atomic E-state index is -0.814. The molecule has 0 unspecified atom stereocenters. The second-order valence-corrected chi connectivity index (χ2v) is 6.92. The molecule has 1 N–H and O–H groups in total. The zero-order valence-corrected chi connectivity index (χ0v) is 15.3. The van der Waals surface area contributed by atoms with E-state index in [-0.39, 0.29) is 0 Å². The highest BCUT2D eigenvalue weighted by molar-refractivity contribution is 6.42. The van der Waals surface area contributed by atoms with Gasteiger partial charge in [0, 0.05) is 6.54 Å². The van der Waals surface area contributed by atoms with Crippen molar-refractivity contribution < 1.29 is 5.11 Å². The van der Waals surface area contributed by atoms with E-state index in [0.717, 1.165) is 22.2 Å². The molecule has 3 aromatic carbocycles. The van der Waals surface area contributed by atoms with E-state index in [1.165, 1.54) is 0 Å². The molecule has 0 saturated heterocycles. The third-order valence-corrected chi connectivity index (χ3v) is 5.11. The molecule has 26 heavy (non-hydrogen) atoms. The number of hydrogen-bond donors (Lipinski definition) is 1. The molecule has 4 aromatic rings. The predicted molar refractivity (Wildman–Crippen MR) is 106 cm³/mol. The van der Waals surface area contributed by atoms with Crippen molar-refractivity contribution in [2.24, 2.45) is 0 Å². The maximum Gasteiger partial charge on any atom is 0.143 e. The number of benzene rings is 3. The Bertz CT molecular complexity index is 1060. The van der Waals surface area contributed by atoms with Crippen molar-refractivity contribution in [3.05, 3.63) is 99.8 Å². The maximum atomic E-state index is 10.9. The molecule has 0 spiro atoms. The first kappa shape index (κ1) is 17.1. The molecule has 0 aliphatic rings. The zero-order chi connectivity index (χ0) is 18.1. The summed E-state index contributed by atoms with van der Waals surface area (Å²) < 4.78 is 2.02. The molecule has 4 rings (SSSR count). The van der Waals surface area contributed by atoms with Crippen LogP contribution in [0.4, 0.5) is 0 Å². The van der Waals surface area contributed by atoms with Crippen LogP contribution >= 0.6 is 23.2 Å². The first-order chi connectivity index (χ1) is 12.6. The number of aromatic nitrogens is 2. The highest BCUT2D eigenvalue weighted by atomic mass is 35.5. The van der Waals surface area contributed by atoms with E-state index in [9.17, 15) is 5.11 Å². The first-order valence-electron chi connectivity index (χ1n) is 8.25. The summed E-state index contributed by atoms with van der Waals surface area (Å²) in [5, 5.41) is 12.0. The normalized spacial score (nSPS) is 12.4. The van der Waals surface area contributed by atoms with Gasteiger partial charge in [-0.05, 0) is 35.4 Å². The average Bonchev–Trinajstić information content (AvgIpc) is 3.03. The van der Waals surface area contributed by atoms with E-state index < -0.39 is 6.10 Å². The minimum absolute atomic E-state index is 0.513. The number of imidazole rings is 1. The zero-order valence-electron chi connectivity index (χ0n) is 13.8. The van der Waals surface area contributed by atoms with Crippen molar-refractivity contribution in [3.63, 3.8) is 0 Å². The Morgan fingerprint density at radius 1 is 0.885 bits per heavy atom. The van der Waals surface area contributed by atoms with E-state index in [2.05, 4.69) is 4.98 Å². The van der Waals surface area contributed by atoms with Gasteiger partial charge in [0.15, 0.2) is 0 Å². The van der Waals surface area contributed by atoms with Crippen LogP contribution in [-0.4, -0.2) is 14.7 Å². The van der Waals surface area contributed by atoms with Gasteiger partial charge in [0.2, 0.25) is 0 Å². The number of hydrogen-bond acceptors (Lipinski definition) is 2. The van der Waals surface area contributed by atoms with Gasteiger partial charge in [0.05, 0.1) is 21.1 Å². The van der Waals surface area contributed by atoms with Crippen molar-refractivity contribution in [2.75, 3.05) is 0 Å². The quantitative estimate of drug-likeness (QED) is 0.507. The summed E-state index contributed by atoms with van der Waals surface area (Å²) in [6.45, 7) is 0.538. The fourth-order valence-corrected chi connectivity index (χ4v) is 3.39. The van der Waals surface area contributed by atoms with Crippen LogP contribution < -0.4 is 0 Å². The topological polar surface area (TPSA) is 38.1 Å². The molecule has 130 valence electrons. The first-order valence-corrected chi connectivity index (χ1v) is 9.01. The van der Waals surface area contributed by atoms with Crippen LogP contribution in [0.1, 0.15) is 23.1 Å². The lowest BCUT2D eigenvalue weighted by Gasteiger charge is -2.15. The number of para-hydroxylation sites is 2. The number of nitrogens with zero attached hydrogens (tertiary/aromatic N) is 2. The van der Waals surface area contributed by atoms with Crippen molar-refractivity contribution in [2.45, 2.75) is 12.6 Å². The lowest BCUT2D eigenvalue weighted by molar-refractivity contribution is 0.206. The summed E-state index contributed by atoms with van der Waals surface area (Å²) in [5.74, 6) is 0.600. The fraction of sp³-hybridized carbons (Fsp3) is 0.0952. The maximum absolute atomic E-state index is 10.9. The van der Waals surface area contributed by atoms with E-state index in [0.29, 0.717) is 22.4 Å². The number of aliphatic hydroxyl groups excluding tert-OH is 1. The van der Waals surface area contributed by atoms with Gasteiger partial charge in [-0.25, -0.2) is 4.98 Å². The fourth-order valence-electron chi connectivity index (χ4n) is 3.07. The van der Waals surface area contributed by atoms with Crippen molar-refractivity contribution in [1.29, 1.82) is 0 Å². The van der Waals surface area contributed by atoms with Crippen LogP contribution in [0.5, 0.6) is 0 Å². The van der Waals surface area contributed by atoms with Crippen LogP contribution in [0.3, 0.4) is 0 Å². The standard InChI is InChI=1S/C21H16Cl2N2O/c22-16-11-10-14(12-17(16)23)13-25-19-9-5-4-8-18(19)24-21(25)20(26)15-6-2-1-3-7-15/h1-12,20,26H,13H2/t20-/m1/s1. The molecule has 0 saturated carbocycles. The van der Waals surface area contributed by atoms with Crippen molar-refractivity contribution in [3.8, 4) is 0 Å². The second-order valence-electron chi connectivity index (χ2n) is 6.11. The van der Waals surface area contributed by atoms with Gasteiger partial charge >= 0.3 is 0 Å². The predicted octanol–water partition coefficient (Wildman–Crippen LogP) is 5.47. The van der Waals surface area contributed by atoms with Crippen LogP contribution in [-0.2, 0) is 6.54 Å². The SMILES string of the molecule is O[C@H](c1ccccc1)c1nc2ccccc2n1Cc1ccc(Cl)c(Cl)c1. The number of fused-ring (bicyclic) bond motifs is 1. The van der Waals surface area contributed by atoms with E-state index in [1.54, 1.807) is 6.07 Å². The summed E-state index contributed by atoms with van der Waals surface area (Å²) in [6.07, 6.45) is -0.814. The summed E-state index contributed by atoms with van der Waals surface area (Å²) >= 11 is 12.2. The Kier molecular flexibility index (Phi) is 4.68. The molecule has 1 heterocycles. The number of aliphatic hydroxyl groups is 1. The third-order valence-electron chi connectivity index (χ3n) is 4.37. The minimum Gasteiger partial charge on any atom is -0.380 e. The van der Waals surface area contributed by atoms with Gasteiger partial charge in [-0.1, -0.05) is 71.7 Å². The van der Waals surface area contributed by atoms with Crippen molar-refractivity contribution in [1.82, 2.24) is 9.55 Å². The second kappa shape index (κ2) is 7.12.